The van der Waals surface area contributed by atoms with Gasteiger partial charge in [-0.1, -0.05) is 43.2 Å². The number of thiazole rings is 1. The van der Waals surface area contributed by atoms with Crippen molar-refractivity contribution >= 4 is 39.3 Å². The molecular formula is C15H20NO2S2+. The van der Waals surface area contributed by atoms with Gasteiger partial charge in [0.1, 0.15) is 17.5 Å². The van der Waals surface area contributed by atoms with Crippen LogP contribution in [0.5, 0.6) is 0 Å². The first-order chi connectivity index (χ1) is 9.72. The Morgan fingerprint density at radius 1 is 1.35 bits per heavy atom. The number of unbranched alkanes of at least 4 members (excludes halogenated alkanes) is 2. The Balaban J connectivity index is 1.86. The minimum atomic E-state index is -0.122. The molecule has 2 rings (SSSR count). The predicted octanol–water partition coefficient (Wildman–Crippen LogP) is 3.55. The van der Waals surface area contributed by atoms with Crippen molar-refractivity contribution in [2.24, 2.45) is 7.05 Å². The summed E-state index contributed by atoms with van der Waals surface area (Å²) in [5.41, 5.74) is 1.20. The quantitative estimate of drug-likeness (QED) is 0.339. The molecule has 1 aromatic carbocycles. The third-order valence-corrected chi connectivity index (χ3v) is 5.54. The lowest BCUT2D eigenvalue weighted by atomic mass is 10.3. The van der Waals surface area contributed by atoms with E-state index in [0.717, 1.165) is 23.6 Å². The number of thioether (sulfide) groups is 1. The van der Waals surface area contributed by atoms with Crippen molar-refractivity contribution in [2.75, 3.05) is 12.4 Å². The van der Waals surface area contributed by atoms with Crippen molar-refractivity contribution in [3.8, 4) is 0 Å². The molecule has 0 saturated heterocycles. The highest BCUT2D eigenvalue weighted by Crippen LogP contribution is 2.27. The van der Waals surface area contributed by atoms with E-state index in [1.807, 2.05) is 19.2 Å². The van der Waals surface area contributed by atoms with Crippen molar-refractivity contribution in [1.82, 2.24) is 0 Å². The zero-order valence-corrected chi connectivity index (χ0v) is 13.6. The van der Waals surface area contributed by atoms with Crippen LogP contribution in [0.15, 0.2) is 28.6 Å². The molecule has 0 bridgehead atoms. The molecule has 0 unspecified atom stereocenters. The van der Waals surface area contributed by atoms with Crippen LogP contribution in [0.3, 0.4) is 0 Å². The van der Waals surface area contributed by atoms with E-state index < -0.39 is 0 Å². The first-order valence-electron chi connectivity index (χ1n) is 6.88. The Bertz CT molecular complexity index is 580. The van der Waals surface area contributed by atoms with Gasteiger partial charge in [0, 0.05) is 6.07 Å². The van der Waals surface area contributed by atoms with Gasteiger partial charge in [-0.25, -0.2) is 0 Å². The van der Waals surface area contributed by atoms with Crippen LogP contribution < -0.4 is 4.57 Å². The largest absolute Gasteiger partial charge is 0.465 e. The second-order valence-electron chi connectivity index (χ2n) is 4.61. The fourth-order valence-corrected chi connectivity index (χ4v) is 4.09. The van der Waals surface area contributed by atoms with Crippen LogP contribution in [0.4, 0.5) is 0 Å². The Kier molecular flexibility index (Phi) is 5.86. The van der Waals surface area contributed by atoms with Crippen molar-refractivity contribution in [3.05, 3.63) is 24.3 Å². The van der Waals surface area contributed by atoms with Gasteiger partial charge in [-0.15, -0.1) is 0 Å². The summed E-state index contributed by atoms with van der Waals surface area (Å²) >= 11 is 3.27. The number of ether oxygens (including phenoxy) is 1. The van der Waals surface area contributed by atoms with Gasteiger partial charge in [-0.2, -0.15) is 4.57 Å². The highest BCUT2D eigenvalue weighted by atomic mass is 32.2. The van der Waals surface area contributed by atoms with E-state index in [1.54, 1.807) is 23.1 Å². The zero-order valence-electron chi connectivity index (χ0n) is 11.9. The number of fused-ring (bicyclic) bond motifs is 1. The summed E-state index contributed by atoms with van der Waals surface area (Å²) in [6.45, 7) is 2.69. The molecule has 0 amide bonds. The van der Waals surface area contributed by atoms with Crippen LogP contribution in [0.1, 0.15) is 26.2 Å². The molecule has 0 aliphatic carbocycles. The van der Waals surface area contributed by atoms with E-state index in [0.29, 0.717) is 12.4 Å². The summed E-state index contributed by atoms with van der Waals surface area (Å²) in [6.07, 6.45) is 3.22. The van der Waals surface area contributed by atoms with Crippen molar-refractivity contribution in [3.63, 3.8) is 0 Å². The molecule has 5 heteroatoms. The average molecular weight is 310 g/mol. The first kappa shape index (κ1) is 15.3. The molecule has 0 atom stereocenters. The summed E-state index contributed by atoms with van der Waals surface area (Å²) in [6, 6.07) is 8.27. The molecule has 0 aliphatic heterocycles. The number of para-hydroxylation sites is 1. The van der Waals surface area contributed by atoms with Gasteiger partial charge in [-0.3, -0.25) is 4.79 Å². The minimum absolute atomic E-state index is 0.122. The predicted molar refractivity (Wildman–Crippen MR) is 84.2 cm³/mol. The van der Waals surface area contributed by atoms with E-state index in [2.05, 4.69) is 23.6 Å². The van der Waals surface area contributed by atoms with E-state index in [-0.39, 0.29) is 5.97 Å². The molecule has 2 aromatic rings. The van der Waals surface area contributed by atoms with E-state index in [4.69, 9.17) is 4.74 Å². The van der Waals surface area contributed by atoms with Gasteiger partial charge in [-0.05, 0) is 24.2 Å². The number of carbonyl (C=O) groups is 1. The highest BCUT2D eigenvalue weighted by Gasteiger charge is 2.18. The Morgan fingerprint density at radius 3 is 2.90 bits per heavy atom. The highest BCUT2D eigenvalue weighted by molar-refractivity contribution is 8.01. The molecule has 20 heavy (non-hydrogen) atoms. The molecule has 0 radical (unpaired) electrons. The normalized spacial score (nSPS) is 10.9. The molecule has 1 heterocycles. The monoisotopic (exact) mass is 310 g/mol. The standard InChI is InChI=1S/C15H20NO2S2/c1-3-4-7-10-18-14(17)11-19-15-16(2)12-8-5-6-9-13(12)20-15/h5-6,8-9H,3-4,7,10-11H2,1-2H3/q+1. The number of hydrogen-bond acceptors (Lipinski definition) is 4. The molecule has 0 saturated carbocycles. The van der Waals surface area contributed by atoms with Crippen LogP contribution in [0.25, 0.3) is 10.2 Å². The minimum Gasteiger partial charge on any atom is -0.465 e. The van der Waals surface area contributed by atoms with Crippen LogP contribution in [-0.4, -0.2) is 18.3 Å². The number of rotatable bonds is 7. The van der Waals surface area contributed by atoms with Crippen molar-refractivity contribution in [1.29, 1.82) is 0 Å². The summed E-state index contributed by atoms with van der Waals surface area (Å²) in [4.78, 5) is 11.7. The summed E-state index contributed by atoms with van der Waals surface area (Å²) in [7, 11) is 2.04. The molecule has 0 fully saturated rings. The Labute approximate surface area is 128 Å². The maximum absolute atomic E-state index is 11.7. The van der Waals surface area contributed by atoms with Gasteiger partial charge < -0.3 is 4.74 Å². The number of hydrogen-bond donors (Lipinski definition) is 0. The number of aromatic nitrogens is 1. The molecule has 0 spiro atoms. The third-order valence-electron chi connectivity index (χ3n) is 3.02. The number of benzene rings is 1. The average Bonchev–Trinajstić information content (AvgIpc) is 2.78. The molecule has 1 aromatic heterocycles. The molecule has 0 N–H and O–H groups in total. The van der Waals surface area contributed by atoms with Crippen LogP contribution in [0, 0.1) is 0 Å². The lowest BCUT2D eigenvalue weighted by Gasteiger charge is -2.02. The van der Waals surface area contributed by atoms with Gasteiger partial charge in [0.25, 0.3) is 4.34 Å². The molecule has 3 nitrogen and oxygen atoms in total. The number of aryl methyl sites for hydroxylation is 1. The van der Waals surface area contributed by atoms with Crippen LogP contribution in [0.2, 0.25) is 0 Å². The number of nitrogens with zero attached hydrogens (tertiary/aromatic N) is 1. The second-order valence-corrected chi connectivity index (χ2v) is 6.86. The van der Waals surface area contributed by atoms with Crippen LogP contribution >= 0.6 is 23.1 Å². The molecular weight excluding hydrogens is 290 g/mol. The van der Waals surface area contributed by atoms with Gasteiger partial charge in [0.2, 0.25) is 5.52 Å². The van der Waals surface area contributed by atoms with Gasteiger partial charge in [0.15, 0.2) is 0 Å². The van der Waals surface area contributed by atoms with Gasteiger partial charge >= 0.3 is 5.97 Å². The fourth-order valence-electron chi connectivity index (χ4n) is 1.91. The van der Waals surface area contributed by atoms with E-state index in [1.165, 1.54) is 10.2 Å². The zero-order chi connectivity index (χ0) is 14.4. The Hall–Kier alpha value is -1.07. The lowest BCUT2D eigenvalue weighted by molar-refractivity contribution is -0.676. The lowest BCUT2D eigenvalue weighted by Crippen LogP contribution is -2.28. The SMILES string of the molecule is CCCCCOC(=O)CSc1sc2ccccc2[n+]1C. The summed E-state index contributed by atoms with van der Waals surface area (Å²) < 4.78 is 9.73. The third kappa shape index (κ3) is 3.96. The van der Waals surface area contributed by atoms with Crippen LogP contribution in [-0.2, 0) is 16.6 Å². The van der Waals surface area contributed by atoms with Crippen molar-refractivity contribution < 1.29 is 14.1 Å². The summed E-state index contributed by atoms with van der Waals surface area (Å²) in [5.74, 6) is 0.260. The smallest absolute Gasteiger partial charge is 0.316 e. The van der Waals surface area contributed by atoms with E-state index >= 15 is 0 Å². The Morgan fingerprint density at radius 2 is 2.15 bits per heavy atom. The van der Waals surface area contributed by atoms with Crippen molar-refractivity contribution in [2.45, 2.75) is 30.5 Å². The first-order valence-corrected chi connectivity index (χ1v) is 8.68. The maximum atomic E-state index is 11.7. The van der Waals surface area contributed by atoms with E-state index in [9.17, 15) is 4.79 Å². The molecule has 0 aliphatic rings. The number of carbonyl (C=O) groups excluding carboxylic acids is 1. The topological polar surface area (TPSA) is 30.2 Å². The number of esters is 1. The second kappa shape index (κ2) is 7.64. The fraction of sp³-hybridized carbons (Fsp3) is 0.467. The molecule has 108 valence electrons. The van der Waals surface area contributed by atoms with Gasteiger partial charge in [0.05, 0.1) is 6.61 Å². The maximum Gasteiger partial charge on any atom is 0.316 e. The summed E-state index contributed by atoms with van der Waals surface area (Å²) in [5, 5.41) is 0.